The third-order valence-electron chi connectivity index (χ3n) is 7.80. The number of carbonyl (C=O) groups is 1. The van der Waals surface area contributed by atoms with Crippen molar-refractivity contribution in [1.29, 1.82) is 0 Å². The highest BCUT2D eigenvalue weighted by Crippen LogP contribution is 2.62. The Balaban J connectivity index is 1.68. The van der Waals surface area contributed by atoms with Gasteiger partial charge >= 0.3 is 0 Å². The molecule has 0 spiro atoms. The molecule has 0 bridgehead atoms. The minimum absolute atomic E-state index is 0.0189. The van der Waals surface area contributed by atoms with Crippen LogP contribution in [-0.2, 0) is 9.53 Å². The Morgan fingerprint density at radius 3 is 2.44 bits per heavy atom. The van der Waals surface area contributed by atoms with E-state index in [1.165, 1.54) is 51.4 Å². The van der Waals surface area contributed by atoms with E-state index < -0.39 is 0 Å². The highest BCUT2D eigenvalue weighted by molar-refractivity contribution is 5.76. The Morgan fingerprint density at radius 1 is 1.08 bits per heavy atom. The van der Waals surface area contributed by atoms with Crippen LogP contribution in [0.4, 0.5) is 0 Å². The van der Waals surface area contributed by atoms with Gasteiger partial charge in [-0.1, -0.05) is 13.8 Å². The zero-order valence-electron chi connectivity index (χ0n) is 17.5. The summed E-state index contributed by atoms with van der Waals surface area (Å²) in [5.41, 5.74) is 0.760. The molecule has 0 aliphatic heterocycles. The third kappa shape index (κ3) is 4.15. The average molecular weight is 349 g/mol. The number of rotatable bonds is 3. The molecular weight excluding hydrogens is 308 g/mol. The van der Waals surface area contributed by atoms with Gasteiger partial charge in [0.25, 0.3) is 0 Å². The predicted molar refractivity (Wildman–Crippen MR) is 104 cm³/mol. The fourth-order valence-electron chi connectivity index (χ4n) is 6.89. The molecule has 0 N–H and O–H groups in total. The molecule has 0 aromatic rings. The molecular formula is C23H40O2. The molecule has 3 fully saturated rings. The number of carbonyl (C=O) groups excluding carboxylic acids is 1. The summed E-state index contributed by atoms with van der Waals surface area (Å²) in [5, 5.41) is 0. The Labute approximate surface area is 155 Å². The fourth-order valence-corrected chi connectivity index (χ4v) is 6.89. The lowest BCUT2D eigenvalue weighted by Crippen LogP contribution is -2.51. The van der Waals surface area contributed by atoms with Crippen LogP contribution >= 0.6 is 0 Å². The van der Waals surface area contributed by atoms with E-state index in [1.807, 2.05) is 0 Å². The normalized spacial score (nSPS) is 44.7. The molecule has 25 heavy (non-hydrogen) atoms. The zero-order valence-corrected chi connectivity index (χ0v) is 17.5. The standard InChI is InChI=1S/C23H40O2/c1-16(24)14-22(5)11-10-20-17(15-22)7-8-18-13-19(25-21(2,3)4)9-12-23(18,20)6/h17-20H,7-15H2,1-6H3/t17?,18-,19+,20?,22+,23-/m0/s1. The molecule has 0 saturated heterocycles. The molecule has 3 aliphatic carbocycles. The number of Topliss-reactive ketones (excluding diaryl/α,β-unsaturated/α-hetero) is 1. The van der Waals surface area contributed by atoms with Gasteiger partial charge in [0.1, 0.15) is 5.78 Å². The van der Waals surface area contributed by atoms with E-state index in [2.05, 4.69) is 34.6 Å². The maximum absolute atomic E-state index is 11.7. The van der Waals surface area contributed by atoms with Crippen molar-refractivity contribution in [2.45, 2.75) is 111 Å². The lowest BCUT2D eigenvalue weighted by molar-refractivity contribution is -0.143. The minimum atomic E-state index is -0.0189. The van der Waals surface area contributed by atoms with Crippen LogP contribution in [0.2, 0.25) is 0 Å². The Kier molecular flexibility index (Phi) is 5.17. The summed E-state index contributed by atoms with van der Waals surface area (Å²) < 4.78 is 6.35. The van der Waals surface area contributed by atoms with Crippen molar-refractivity contribution >= 4 is 5.78 Å². The lowest BCUT2D eigenvalue weighted by atomic mass is 9.47. The summed E-state index contributed by atoms with van der Waals surface area (Å²) in [6, 6.07) is 0. The molecule has 144 valence electrons. The fraction of sp³-hybridized carbons (Fsp3) is 0.957. The second kappa shape index (κ2) is 6.66. The largest absolute Gasteiger partial charge is 0.373 e. The van der Waals surface area contributed by atoms with E-state index in [0.29, 0.717) is 17.3 Å². The molecule has 0 radical (unpaired) electrons. The van der Waals surface area contributed by atoms with Gasteiger partial charge in [0.2, 0.25) is 0 Å². The van der Waals surface area contributed by atoms with Gasteiger partial charge in [0, 0.05) is 6.42 Å². The van der Waals surface area contributed by atoms with Gasteiger partial charge in [0.15, 0.2) is 0 Å². The van der Waals surface area contributed by atoms with E-state index in [-0.39, 0.29) is 11.0 Å². The highest BCUT2D eigenvalue weighted by Gasteiger charge is 2.53. The molecule has 0 aromatic carbocycles. The Bertz CT molecular complexity index is 505. The average Bonchev–Trinajstić information content (AvgIpc) is 2.44. The van der Waals surface area contributed by atoms with Crippen molar-refractivity contribution in [3.8, 4) is 0 Å². The number of hydrogen-bond donors (Lipinski definition) is 0. The second-order valence-corrected chi connectivity index (χ2v) is 11.2. The summed E-state index contributed by atoms with van der Waals surface area (Å²) in [4.78, 5) is 11.7. The first kappa shape index (κ1) is 19.4. The van der Waals surface area contributed by atoms with Crippen molar-refractivity contribution in [2.24, 2.45) is 28.6 Å². The van der Waals surface area contributed by atoms with Crippen molar-refractivity contribution in [3.63, 3.8) is 0 Å². The lowest BCUT2D eigenvalue weighted by Gasteiger charge is -2.59. The van der Waals surface area contributed by atoms with Crippen LogP contribution in [0.1, 0.15) is 99.3 Å². The summed E-state index contributed by atoms with van der Waals surface area (Å²) in [6.45, 7) is 13.3. The van der Waals surface area contributed by atoms with Crippen molar-refractivity contribution < 1.29 is 9.53 Å². The van der Waals surface area contributed by atoms with Crippen LogP contribution in [0, 0.1) is 28.6 Å². The first-order valence-electron chi connectivity index (χ1n) is 10.7. The number of ketones is 1. The third-order valence-corrected chi connectivity index (χ3v) is 7.80. The Hall–Kier alpha value is -0.370. The van der Waals surface area contributed by atoms with Gasteiger partial charge in [-0.15, -0.1) is 0 Å². The van der Waals surface area contributed by atoms with Crippen molar-refractivity contribution in [3.05, 3.63) is 0 Å². The summed E-state index contributed by atoms with van der Waals surface area (Å²) in [6.07, 6.45) is 11.7. The summed E-state index contributed by atoms with van der Waals surface area (Å²) in [7, 11) is 0. The number of ether oxygens (including phenoxy) is 1. The van der Waals surface area contributed by atoms with Gasteiger partial charge in [-0.05, 0) is 108 Å². The minimum Gasteiger partial charge on any atom is -0.373 e. The van der Waals surface area contributed by atoms with E-state index >= 15 is 0 Å². The number of hydrogen-bond acceptors (Lipinski definition) is 2. The number of fused-ring (bicyclic) bond motifs is 3. The van der Waals surface area contributed by atoms with Crippen LogP contribution < -0.4 is 0 Å². The molecule has 2 nitrogen and oxygen atoms in total. The van der Waals surface area contributed by atoms with Crippen LogP contribution in [0.25, 0.3) is 0 Å². The second-order valence-electron chi connectivity index (χ2n) is 11.2. The first-order chi connectivity index (χ1) is 11.5. The molecule has 0 heterocycles. The van der Waals surface area contributed by atoms with Crippen LogP contribution in [-0.4, -0.2) is 17.5 Å². The van der Waals surface area contributed by atoms with Crippen molar-refractivity contribution in [2.75, 3.05) is 0 Å². The molecule has 0 aromatic heterocycles. The van der Waals surface area contributed by atoms with Gasteiger partial charge in [0.05, 0.1) is 11.7 Å². The molecule has 2 unspecified atom stereocenters. The van der Waals surface area contributed by atoms with Gasteiger partial charge in [-0.3, -0.25) is 0 Å². The molecule has 3 aliphatic rings. The summed E-state index contributed by atoms with van der Waals surface area (Å²) >= 11 is 0. The molecule has 3 saturated carbocycles. The van der Waals surface area contributed by atoms with Crippen LogP contribution in [0.5, 0.6) is 0 Å². The molecule has 0 amide bonds. The molecule has 3 rings (SSSR count). The van der Waals surface area contributed by atoms with E-state index in [1.54, 1.807) is 6.92 Å². The van der Waals surface area contributed by atoms with Gasteiger partial charge in [-0.2, -0.15) is 0 Å². The van der Waals surface area contributed by atoms with Crippen LogP contribution in [0.15, 0.2) is 0 Å². The smallest absolute Gasteiger partial charge is 0.130 e. The van der Waals surface area contributed by atoms with Gasteiger partial charge < -0.3 is 9.53 Å². The van der Waals surface area contributed by atoms with Crippen molar-refractivity contribution in [1.82, 2.24) is 0 Å². The summed E-state index contributed by atoms with van der Waals surface area (Å²) in [5.74, 6) is 2.94. The first-order valence-corrected chi connectivity index (χ1v) is 10.7. The monoisotopic (exact) mass is 348 g/mol. The molecule has 2 heteroatoms. The highest BCUT2D eigenvalue weighted by atomic mass is 16.5. The SMILES string of the molecule is CC(=O)C[C@@]1(C)CCC2C(CC[C@H]3C[C@H](OC(C)(C)C)CC[C@]23C)C1. The van der Waals surface area contributed by atoms with E-state index in [4.69, 9.17) is 4.74 Å². The quantitative estimate of drug-likeness (QED) is 0.609. The maximum Gasteiger partial charge on any atom is 0.130 e. The predicted octanol–water partition coefficient (Wildman–Crippen LogP) is 6.17. The van der Waals surface area contributed by atoms with Crippen LogP contribution in [0.3, 0.4) is 0 Å². The molecule has 6 atom stereocenters. The topological polar surface area (TPSA) is 26.3 Å². The maximum atomic E-state index is 11.7. The Morgan fingerprint density at radius 2 is 1.80 bits per heavy atom. The van der Waals surface area contributed by atoms with E-state index in [9.17, 15) is 4.79 Å². The van der Waals surface area contributed by atoms with E-state index in [0.717, 1.165) is 24.2 Å². The van der Waals surface area contributed by atoms with Gasteiger partial charge in [-0.25, -0.2) is 0 Å². The zero-order chi connectivity index (χ0) is 18.5.